The first-order valence-corrected chi connectivity index (χ1v) is 7.96. The zero-order chi connectivity index (χ0) is 14.6. The summed E-state index contributed by atoms with van der Waals surface area (Å²) in [7, 11) is 0. The van der Waals surface area contributed by atoms with Crippen LogP contribution in [0.1, 0.15) is 64.1 Å². The summed E-state index contributed by atoms with van der Waals surface area (Å²) in [6.45, 7) is 10.7. The Morgan fingerprint density at radius 3 is 2.30 bits per heavy atom. The maximum Gasteiger partial charge on any atom is 0.0665 e. The van der Waals surface area contributed by atoms with E-state index in [1.165, 1.54) is 30.4 Å². The van der Waals surface area contributed by atoms with Gasteiger partial charge in [0, 0.05) is 0 Å². The fraction of sp³-hybridized carbons (Fsp3) is 0.667. The molecule has 1 aliphatic rings. The van der Waals surface area contributed by atoms with Crippen molar-refractivity contribution < 1.29 is 4.74 Å². The lowest BCUT2D eigenvalue weighted by Crippen LogP contribution is -2.30. The predicted molar refractivity (Wildman–Crippen MR) is 85.2 cm³/mol. The normalized spacial score (nSPS) is 17.8. The molecule has 1 unspecified atom stereocenters. The van der Waals surface area contributed by atoms with Crippen molar-refractivity contribution in [2.45, 2.75) is 64.5 Å². The largest absolute Gasteiger partial charge is 0.376 e. The molecule has 0 bridgehead atoms. The number of hydrogen-bond donors (Lipinski definition) is 1. The van der Waals surface area contributed by atoms with Gasteiger partial charge in [0.15, 0.2) is 0 Å². The number of likely N-dealkylation sites (N-methyl/N-ethyl adjacent to an activating group) is 1. The molecule has 1 saturated carbocycles. The molecular formula is C18H29NO. The van der Waals surface area contributed by atoms with Gasteiger partial charge in [-0.1, -0.05) is 52.0 Å². The Bertz CT molecular complexity index is 400. The maximum atomic E-state index is 5.98. The molecule has 1 aromatic rings. The lowest BCUT2D eigenvalue weighted by molar-refractivity contribution is -0.00861. The predicted octanol–water partition coefficient (Wildman–Crippen LogP) is 4.20. The molecule has 0 spiro atoms. The molecule has 1 N–H and O–H groups in total. The van der Waals surface area contributed by atoms with Crippen LogP contribution in [0.2, 0.25) is 0 Å². The van der Waals surface area contributed by atoms with Crippen LogP contribution in [-0.2, 0) is 10.2 Å². The maximum absolute atomic E-state index is 5.98. The smallest absolute Gasteiger partial charge is 0.0665 e. The van der Waals surface area contributed by atoms with Crippen molar-refractivity contribution in [3.63, 3.8) is 0 Å². The summed E-state index contributed by atoms with van der Waals surface area (Å²) in [5.41, 5.74) is 2.94. The first-order valence-electron chi connectivity index (χ1n) is 7.96. The van der Waals surface area contributed by atoms with Crippen LogP contribution in [0, 0.1) is 0 Å². The van der Waals surface area contributed by atoms with Gasteiger partial charge in [0.2, 0.25) is 0 Å². The van der Waals surface area contributed by atoms with E-state index in [-0.39, 0.29) is 5.41 Å². The third-order valence-electron chi connectivity index (χ3n) is 4.18. The molecular weight excluding hydrogens is 246 g/mol. The van der Waals surface area contributed by atoms with E-state index in [1.54, 1.807) is 0 Å². The monoisotopic (exact) mass is 275 g/mol. The molecule has 0 radical (unpaired) electrons. The van der Waals surface area contributed by atoms with E-state index in [1.807, 2.05) is 0 Å². The first kappa shape index (κ1) is 15.5. The fourth-order valence-corrected chi connectivity index (χ4v) is 2.50. The van der Waals surface area contributed by atoms with Gasteiger partial charge in [-0.3, -0.25) is 0 Å². The second-order valence-electron chi connectivity index (χ2n) is 6.87. The Morgan fingerprint density at radius 2 is 1.85 bits per heavy atom. The van der Waals surface area contributed by atoms with Crippen molar-refractivity contribution in [2.75, 3.05) is 13.2 Å². The topological polar surface area (TPSA) is 21.3 Å². The van der Waals surface area contributed by atoms with Gasteiger partial charge in [-0.2, -0.15) is 0 Å². The van der Waals surface area contributed by atoms with E-state index in [9.17, 15) is 0 Å². The number of rotatable bonds is 6. The minimum Gasteiger partial charge on any atom is -0.376 e. The third-order valence-corrected chi connectivity index (χ3v) is 4.18. The van der Waals surface area contributed by atoms with Crippen LogP contribution in [0.4, 0.5) is 0 Å². The summed E-state index contributed by atoms with van der Waals surface area (Å²) in [6.07, 6.45) is 4.31. The van der Waals surface area contributed by atoms with Gasteiger partial charge in [0.05, 0.1) is 18.8 Å². The van der Waals surface area contributed by atoms with E-state index in [0.717, 1.165) is 13.2 Å². The highest BCUT2D eigenvalue weighted by Gasteiger charge is 2.21. The van der Waals surface area contributed by atoms with Crippen molar-refractivity contribution in [1.82, 2.24) is 5.32 Å². The SMILES string of the molecule is CCNC(COC1CCC1)c1ccc(C(C)(C)C)cc1. The molecule has 112 valence electrons. The number of benzene rings is 1. The van der Waals surface area contributed by atoms with Crippen LogP contribution in [0.3, 0.4) is 0 Å². The van der Waals surface area contributed by atoms with Gasteiger partial charge in [-0.25, -0.2) is 0 Å². The van der Waals surface area contributed by atoms with Crippen LogP contribution in [0.25, 0.3) is 0 Å². The lowest BCUT2D eigenvalue weighted by Gasteiger charge is -2.28. The van der Waals surface area contributed by atoms with E-state index in [4.69, 9.17) is 4.74 Å². The highest BCUT2D eigenvalue weighted by Crippen LogP contribution is 2.26. The molecule has 0 aromatic heterocycles. The average Bonchev–Trinajstić information content (AvgIpc) is 2.35. The van der Waals surface area contributed by atoms with Gasteiger partial charge in [-0.15, -0.1) is 0 Å². The Labute approximate surface area is 123 Å². The number of nitrogens with one attached hydrogen (secondary N) is 1. The highest BCUT2D eigenvalue weighted by molar-refractivity contribution is 5.29. The van der Waals surface area contributed by atoms with E-state index in [0.29, 0.717) is 12.1 Å². The summed E-state index contributed by atoms with van der Waals surface area (Å²) >= 11 is 0. The Hall–Kier alpha value is -0.860. The number of ether oxygens (including phenoxy) is 1. The summed E-state index contributed by atoms with van der Waals surface area (Å²) in [6, 6.07) is 9.32. The molecule has 2 nitrogen and oxygen atoms in total. The minimum atomic E-state index is 0.217. The van der Waals surface area contributed by atoms with Gasteiger partial charge in [0.1, 0.15) is 0 Å². The molecule has 1 aliphatic carbocycles. The van der Waals surface area contributed by atoms with E-state index in [2.05, 4.69) is 57.3 Å². The zero-order valence-electron chi connectivity index (χ0n) is 13.4. The Kier molecular flexibility index (Phi) is 5.22. The van der Waals surface area contributed by atoms with Crippen LogP contribution in [-0.4, -0.2) is 19.3 Å². The Balaban J connectivity index is 2.00. The molecule has 0 aliphatic heterocycles. The molecule has 1 fully saturated rings. The molecule has 0 amide bonds. The Morgan fingerprint density at radius 1 is 1.20 bits per heavy atom. The van der Waals surface area contributed by atoms with Gasteiger partial charge in [-0.05, 0) is 42.3 Å². The van der Waals surface area contributed by atoms with Crippen LogP contribution >= 0.6 is 0 Å². The third kappa shape index (κ3) is 4.07. The van der Waals surface area contributed by atoms with Gasteiger partial charge >= 0.3 is 0 Å². The van der Waals surface area contributed by atoms with Crippen molar-refractivity contribution in [3.05, 3.63) is 35.4 Å². The fourth-order valence-electron chi connectivity index (χ4n) is 2.50. The van der Waals surface area contributed by atoms with E-state index >= 15 is 0 Å². The molecule has 2 rings (SSSR count). The lowest BCUT2D eigenvalue weighted by atomic mass is 9.86. The standard InChI is InChI=1S/C18H29NO/c1-5-19-17(13-20-16-7-6-8-16)14-9-11-15(12-10-14)18(2,3)4/h9-12,16-17,19H,5-8,13H2,1-4H3. The van der Waals surface area contributed by atoms with Gasteiger partial charge < -0.3 is 10.1 Å². The van der Waals surface area contributed by atoms with Crippen LogP contribution < -0.4 is 5.32 Å². The average molecular weight is 275 g/mol. The molecule has 1 aromatic carbocycles. The van der Waals surface area contributed by atoms with Crippen molar-refractivity contribution in [3.8, 4) is 0 Å². The summed E-state index contributed by atoms with van der Waals surface area (Å²) in [5.74, 6) is 0. The summed E-state index contributed by atoms with van der Waals surface area (Å²) in [4.78, 5) is 0. The second-order valence-corrected chi connectivity index (χ2v) is 6.87. The molecule has 1 atom stereocenters. The molecule has 0 saturated heterocycles. The minimum absolute atomic E-state index is 0.217. The van der Waals surface area contributed by atoms with Crippen LogP contribution in [0.5, 0.6) is 0 Å². The summed E-state index contributed by atoms with van der Waals surface area (Å²) in [5, 5.41) is 3.54. The highest BCUT2D eigenvalue weighted by atomic mass is 16.5. The molecule has 20 heavy (non-hydrogen) atoms. The van der Waals surface area contributed by atoms with Crippen molar-refractivity contribution in [1.29, 1.82) is 0 Å². The summed E-state index contributed by atoms with van der Waals surface area (Å²) < 4.78 is 5.98. The van der Waals surface area contributed by atoms with Crippen molar-refractivity contribution in [2.24, 2.45) is 0 Å². The first-order chi connectivity index (χ1) is 9.50. The van der Waals surface area contributed by atoms with E-state index < -0.39 is 0 Å². The van der Waals surface area contributed by atoms with Crippen LogP contribution in [0.15, 0.2) is 24.3 Å². The molecule has 0 heterocycles. The molecule has 2 heteroatoms. The zero-order valence-corrected chi connectivity index (χ0v) is 13.4. The number of hydrogen-bond acceptors (Lipinski definition) is 2. The van der Waals surface area contributed by atoms with Gasteiger partial charge in [0.25, 0.3) is 0 Å². The van der Waals surface area contributed by atoms with Crippen molar-refractivity contribution >= 4 is 0 Å². The quantitative estimate of drug-likeness (QED) is 0.840. The second kappa shape index (κ2) is 6.73.